The maximum absolute atomic E-state index is 12.8. The zero-order valence-electron chi connectivity index (χ0n) is 17.3. The van der Waals surface area contributed by atoms with E-state index in [1.54, 1.807) is 0 Å². The molecule has 1 saturated carbocycles. The Balaban J connectivity index is 1.55. The summed E-state index contributed by atoms with van der Waals surface area (Å²) in [4.78, 5) is 60.6. The molecule has 1 saturated heterocycles. The lowest BCUT2D eigenvalue weighted by atomic mass is 9.73. The fourth-order valence-corrected chi connectivity index (χ4v) is 4.10. The van der Waals surface area contributed by atoms with Crippen LogP contribution in [0.25, 0.3) is 0 Å². The SMILES string of the molecule is Cc1c(NC(=O)COC(=O)CN2C(=O)NC3(CCCCC3C)C2=O)cccc1[N+](=O)[O-]. The van der Waals surface area contributed by atoms with Gasteiger partial charge in [0.1, 0.15) is 12.1 Å². The van der Waals surface area contributed by atoms with Crippen LogP contribution in [-0.2, 0) is 19.1 Å². The van der Waals surface area contributed by atoms with Crippen molar-refractivity contribution in [1.29, 1.82) is 0 Å². The number of urea groups is 1. The number of hydrogen-bond donors (Lipinski definition) is 2. The minimum atomic E-state index is -0.980. The van der Waals surface area contributed by atoms with E-state index in [-0.39, 0.29) is 22.9 Å². The van der Waals surface area contributed by atoms with E-state index in [1.165, 1.54) is 25.1 Å². The van der Waals surface area contributed by atoms with E-state index in [2.05, 4.69) is 10.6 Å². The molecule has 166 valence electrons. The average Bonchev–Trinajstić information content (AvgIpc) is 2.95. The van der Waals surface area contributed by atoms with Crippen LogP contribution in [0.5, 0.6) is 0 Å². The van der Waals surface area contributed by atoms with Gasteiger partial charge in [-0.1, -0.05) is 25.8 Å². The van der Waals surface area contributed by atoms with Crippen LogP contribution in [-0.4, -0.2) is 52.3 Å². The standard InChI is InChI=1S/C20H24N4O7/c1-12-6-3-4-9-20(12)18(27)23(19(28)22-20)10-17(26)31-11-16(25)21-14-7-5-8-15(13(14)2)24(29)30/h5,7-8,12H,3-4,6,9-11H2,1-2H3,(H,21,25)(H,22,28). The summed E-state index contributed by atoms with van der Waals surface area (Å²) >= 11 is 0. The van der Waals surface area contributed by atoms with Crippen molar-refractivity contribution in [3.8, 4) is 0 Å². The molecule has 4 amide bonds. The van der Waals surface area contributed by atoms with Crippen molar-refractivity contribution in [3.05, 3.63) is 33.9 Å². The zero-order valence-corrected chi connectivity index (χ0v) is 17.3. The molecule has 31 heavy (non-hydrogen) atoms. The van der Waals surface area contributed by atoms with Crippen molar-refractivity contribution < 1.29 is 28.8 Å². The van der Waals surface area contributed by atoms with Crippen molar-refractivity contribution in [1.82, 2.24) is 10.2 Å². The highest BCUT2D eigenvalue weighted by molar-refractivity contribution is 6.09. The second-order valence-corrected chi connectivity index (χ2v) is 7.86. The summed E-state index contributed by atoms with van der Waals surface area (Å²) in [7, 11) is 0. The number of anilines is 1. The third-order valence-electron chi connectivity index (χ3n) is 5.93. The molecule has 0 bridgehead atoms. The number of imide groups is 1. The van der Waals surface area contributed by atoms with Gasteiger partial charge in [0.25, 0.3) is 17.5 Å². The molecular formula is C20H24N4O7. The van der Waals surface area contributed by atoms with Gasteiger partial charge < -0.3 is 15.4 Å². The number of benzene rings is 1. The highest BCUT2D eigenvalue weighted by Crippen LogP contribution is 2.38. The van der Waals surface area contributed by atoms with Crippen LogP contribution < -0.4 is 10.6 Å². The second-order valence-electron chi connectivity index (χ2n) is 7.86. The van der Waals surface area contributed by atoms with E-state index in [0.717, 1.165) is 24.2 Å². The fraction of sp³-hybridized carbons (Fsp3) is 0.500. The third kappa shape index (κ3) is 4.35. The normalized spacial score (nSPS) is 22.9. The smallest absolute Gasteiger partial charge is 0.326 e. The molecule has 0 aromatic heterocycles. The number of carbonyl (C=O) groups excluding carboxylic acids is 4. The Hall–Kier alpha value is -3.50. The molecule has 2 unspecified atom stereocenters. The molecule has 2 atom stereocenters. The molecule has 1 aromatic carbocycles. The number of nitro benzene ring substituents is 1. The number of nitrogens with zero attached hydrogens (tertiary/aromatic N) is 2. The van der Waals surface area contributed by atoms with E-state index in [1.807, 2.05) is 6.92 Å². The zero-order chi connectivity index (χ0) is 22.8. The van der Waals surface area contributed by atoms with Crippen LogP contribution in [0.1, 0.15) is 38.2 Å². The summed E-state index contributed by atoms with van der Waals surface area (Å²) in [6.45, 7) is 2.13. The second kappa shape index (κ2) is 8.70. The number of ether oxygens (including phenoxy) is 1. The lowest BCUT2D eigenvalue weighted by Crippen LogP contribution is -2.54. The Bertz CT molecular complexity index is 947. The van der Waals surface area contributed by atoms with Gasteiger partial charge in [-0.25, -0.2) is 4.79 Å². The largest absolute Gasteiger partial charge is 0.454 e. The predicted octanol–water partition coefficient (Wildman–Crippen LogP) is 1.89. The summed E-state index contributed by atoms with van der Waals surface area (Å²) in [5, 5.41) is 16.2. The van der Waals surface area contributed by atoms with Crippen LogP contribution in [0.3, 0.4) is 0 Å². The summed E-state index contributed by atoms with van der Waals surface area (Å²) in [5.41, 5.74) is -0.651. The molecule has 11 nitrogen and oxygen atoms in total. The van der Waals surface area contributed by atoms with E-state index in [0.29, 0.717) is 6.42 Å². The van der Waals surface area contributed by atoms with Crippen molar-refractivity contribution in [2.45, 2.75) is 45.1 Å². The van der Waals surface area contributed by atoms with Gasteiger partial charge >= 0.3 is 12.0 Å². The summed E-state index contributed by atoms with van der Waals surface area (Å²) in [6, 6.07) is 3.57. The van der Waals surface area contributed by atoms with Crippen molar-refractivity contribution in [2.75, 3.05) is 18.5 Å². The first kappa shape index (κ1) is 22.2. The monoisotopic (exact) mass is 432 g/mol. The number of nitrogens with one attached hydrogen (secondary N) is 2. The van der Waals surface area contributed by atoms with Crippen LogP contribution in [0.2, 0.25) is 0 Å². The number of rotatable bonds is 6. The van der Waals surface area contributed by atoms with Gasteiger partial charge in [-0.3, -0.25) is 29.4 Å². The fourth-order valence-electron chi connectivity index (χ4n) is 4.10. The first-order valence-corrected chi connectivity index (χ1v) is 9.99. The molecule has 1 spiro atoms. The summed E-state index contributed by atoms with van der Waals surface area (Å²) in [5.74, 6) is -2.09. The molecular weight excluding hydrogens is 408 g/mol. The van der Waals surface area contributed by atoms with Crippen molar-refractivity contribution in [2.24, 2.45) is 5.92 Å². The lowest BCUT2D eigenvalue weighted by Gasteiger charge is -2.36. The molecule has 2 fully saturated rings. The predicted molar refractivity (Wildman–Crippen MR) is 108 cm³/mol. The molecule has 3 rings (SSSR count). The number of esters is 1. The Morgan fingerprint density at radius 3 is 2.77 bits per heavy atom. The van der Waals surface area contributed by atoms with Gasteiger partial charge in [-0.05, 0) is 31.7 Å². The van der Waals surface area contributed by atoms with Crippen LogP contribution in [0, 0.1) is 23.0 Å². The number of amides is 4. The van der Waals surface area contributed by atoms with Gasteiger partial charge in [-0.15, -0.1) is 0 Å². The maximum Gasteiger partial charge on any atom is 0.326 e. The quantitative estimate of drug-likeness (QED) is 0.302. The molecule has 1 aliphatic heterocycles. The Labute approximate surface area is 178 Å². The topological polar surface area (TPSA) is 148 Å². The number of hydrogen-bond acceptors (Lipinski definition) is 7. The first-order chi connectivity index (χ1) is 14.7. The highest BCUT2D eigenvalue weighted by atomic mass is 16.6. The van der Waals surface area contributed by atoms with Gasteiger partial charge in [0.2, 0.25) is 0 Å². The lowest BCUT2D eigenvalue weighted by molar-refractivity contribution is -0.385. The van der Waals surface area contributed by atoms with E-state index in [9.17, 15) is 29.3 Å². The Morgan fingerprint density at radius 1 is 1.35 bits per heavy atom. The average molecular weight is 432 g/mol. The molecule has 0 radical (unpaired) electrons. The van der Waals surface area contributed by atoms with E-state index >= 15 is 0 Å². The van der Waals surface area contributed by atoms with E-state index < -0.39 is 47.4 Å². The molecule has 1 heterocycles. The number of carbonyl (C=O) groups is 4. The maximum atomic E-state index is 12.8. The minimum absolute atomic E-state index is 0.0392. The first-order valence-electron chi connectivity index (χ1n) is 9.99. The van der Waals surface area contributed by atoms with Gasteiger partial charge in [0.15, 0.2) is 6.61 Å². The van der Waals surface area contributed by atoms with Crippen molar-refractivity contribution >= 4 is 35.2 Å². The molecule has 11 heteroatoms. The van der Waals surface area contributed by atoms with Gasteiger partial charge in [-0.2, -0.15) is 0 Å². The van der Waals surface area contributed by atoms with E-state index in [4.69, 9.17) is 4.74 Å². The van der Waals surface area contributed by atoms with Crippen LogP contribution in [0.4, 0.5) is 16.2 Å². The van der Waals surface area contributed by atoms with Crippen LogP contribution in [0.15, 0.2) is 18.2 Å². The van der Waals surface area contributed by atoms with Gasteiger partial charge in [0.05, 0.1) is 16.2 Å². The Morgan fingerprint density at radius 2 is 2.10 bits per heavy atom. The Kier molecular flexibility index (Phi) is 6.23. The molecule has 1 aliphatic carbocycles. The minimum Gasteiger partial charge on any atom is -0.454 e. The summed E-state index contributed by atoms with van der Waals surface area (Å²) in [6.07, 6.45) is 3.12. The van der Waals surface area contributed by atoms with Crippen LogP contribution >= 0.6 is 0 Å². The highest BCUT2D eigenvalue weighted by Gasteiger charge is 2.55. The summed E-state index contributed by atoms with van der Waals surface area (Å²) < 4.78 is 4.90. The molecule has 2 aliphatic rings. The van der Waals surface area contributed by atoms with Gasteiger partial charge in [0, 0.05) is 6.07 Å². The molecule has 1 aromatic rings. The molecule has 2 N–H and O–H groups in total. The third-order valence-corrected chi connectivity index (χ3v) is 5.93. The number of nitro groups is 1. The van der Waals surface area contributed by atoms with Crippen molar-refractivity contribution in [3.63, 3.8) is 0 Å².